The van der Waals surface area contributed by atoms with E-state index in [1.54, 1.807) is 0 Å². The Morgan fingerprint density at radius 1 is 0.808 bits per heavy atom. The molecular formula is C22H22BrNO2. The standard InChI is InChI=1S/C22H22BrNO2/c23-14-9-7-13(8-10-14)20-21-16(3-1-5-18(21)25)24(15-11-12-15)17-4-2-6-19(26)22(17)20/h7-10,15,20H,1-6,11-12H2. The molecule has 0 saturated heterocycles. The number of rotatable bonds is 2. The number of Topliss-reactive ketones (excluding diaryl/α,β-unsaturated/α-hetero) is 2. The van der Waals surface area contributed by atoms with Crippen molar-refractivity contribution in [3.05, 3.63) is 56.8 Å². The second-order valence-corrected chi connectivity index (χ2v) is 8.78. The van der Waals surface area contributed by atoms with Crippen molar-refractivity contribution >= 4 is 27.5 Å². The highest BCUT2D eigenvalue weighted by Gasteiger charge is 2.46. The van der Waals surface area contributed by atoms with Crippen LogP contribution in [0.1, 0.15) is 62.8 Å². The van der Waals surface area contributed by atoms with Crippen LogP contribution in [0.2, 0.25) is 0 Å². The molecule has 3 aliphatic carbocycles. The summed E-state index contributed by atoms with van der Waals surface area (Å²) < 4.78 is 1.02. The topological polar surface area (TPSA) is 37.4 Å². The van der Waals surface area contributed by atoms with Crippen LogP contribution in [-0.2, 0) is 9.59 Å². The summed E-state index contributed by atoms with van der Waals surface area (Å²) in [6, 6.07) is 8.68. The van der Waals surface area contributed by atoms with Crippen LogP contribution >= 0.6 is 15.9 Å². The molecule has 5 rings (SSSR count). The fourth-order valence-electron chi connectivity index (χ4n) is 4.92. The molecule has 1 aromatic carbocycles. The lowest BCUT2D eigenvalue weighted by molar-refractivity contribution is -0.117. The Bertz CT molecular complexity index is 817. The van der Waals surface area contributed by atoms with E-state index in [-0.39, 0.29) is 17.5 Å². The predicted octanol–water partition coefficient (Wildman–Crippen LogP) is 5.02. The number of ketones is 2. The molecule has 0 bridgehead atoms. The van der Waals surface area contributed by atoms with Crippen LogP contribution < -0.4 is 0 Å². The zero-order valence-electron chi connectivity index (χ0n) is 14.8. The normalized spacial score (nSPS) is 24.1. The van der Waals surface area contributed by atoms with Crippen LogP contribution in [0.25, 0.3) is 0 Å². The third-order valence-electron chi connectivity index (χ3n) is 6.13. The van der Waals surface area contributed by atoms with Crippen molar-refractivity contribution in [2.75, 3.05) is 0 Å². The van der Waals surface area contributed by atoms with Gasteiger partial charge in [0.1, 0.15) is 0 Å². The van der Waals surface area contributed by atoms with Crippen LogP contribution in [0.3, 0.4) is 0 Å². The molecule has 0 radical (unpaired) electrons. The molecule has 0 atom stereocenters. The van der Waals surface area contributed by atoms with Gasteiger partial charge in [-0.1, -0.05) is 28.1 Å². The van der Waals surface area contributed by atoms with Crippen molar-refractivity contribution < 1.29 is 9.59 Å². The average molecular weight is 412 g/mol. The van der Waals surface area contributed by atoms with Gasteiger partial charge in [-0.25, -0.2) is 0 Å². The maximum absolute atomic E-state index is 13.0. The molecule has 1 fully saturated rings. The van der Waals surface area contributed by atoms with Gasteiger partial charge < -0.3 is 4.90 Å². The van der Waals surface area contributed by atoms with Gasteiger partial charge >= 0.3 is 0 Å². The van der Waals surface area contributed by atoms with Gasteiger partial charge in [0.15, 0.2) is 11.6 Å². The van der Waals surface area contributed by atoms with Crippen LogP contribution in [0.15, 0.2) is 51.3 Å². The van der Waals surface area contributed by atoms with E-state index in [2.05, 4.69) is 33.0 Å². The number of hydrogen-bond acceptors (Lipinski definition) is 3. The van der Waals surface area contributed by atoms with Gasteiger partial charge in [-0.15, -0.1) is 0 Å². The van der Waals surface area contributed by atoms with Crippen molar-refractivity contribution in [3.8, 4) is 0 Å². The summed E-state index contributed by atoms with van der Waals surface area (Å²) in [6.07, 6.45) is 7.39. The molecule has 0 amide bonds. The molecule has 0 N–H and O–H groups in total. The molecule has 1 saturated carbocycles. The molecule has 1 heterocycles. The quantitative estimate of drug-likeness (QED) is 0.684. The Hall–Kier alpha value is -1.68. The van der Waals surface area contributed by atoms with Gasteiger partial charge in [-0.3, -0.25) is 9.59 Å². The first kappa shape index (κ1) is 16.5. The minimum absolute atomic E-state index is 0.163. The average Bonchev–Trinajstić information content (AvgIpc) is 3.46. The molecule has 1 aliphatic heterocycles. The predicted molar refractivity (Wildman–Crippen MR) is 104 cm³/mol. The van der Waals surface area contributed by atoms with E-state index in [9.17, 15) is 9.59 Å². The smallest absolute Gasteiger partial charge is 0.161 e. The van der Waals surface area contributed by atoms with Crippen molar-refractivity contribution in [3.63, 3.8) is 0 Å². The van der Waals surface area contributed by atoms with Gasteiger partial charge in [-0.2, -0.15) is 0 Å². The molecule has 0 unspecified atom stereocenters. The third-order valence-corrected chi connectivity index (χ3v) is 6.66. The Balaban J connectivity index is 1.74. The Labute approximate surface area is 162 Å². The van der Waals surface area contributed by atoms with Gasteiger partial charge in [0.05, 0.1) is 0 Å². The first-order chi connectivity index (χ1) is 12.6. The third kappa shape index (κ3) is 2.53. The van der Waals surface area contributed by atoms with Crippen molar-refractivity contribution in [2.45, 2.75) is 63.3 Å². The second kappa shape index (κ2) is 6.19. The lowest BCUT2D eigenvalue weighted by atomic mass is 9.71. The first-order valence-corrected chi connectivity index (χ1v) is 10.5. The number of carbonyl (C=O) groups excluding carboxylic acids is 2. The maximum atomic E-state index is 13.0. The number of halogens is 1. The van der Waals surface area contributed by atoms with Gasteiger partial charge in [0.25, 0.3) is 0 Å². The van der Waals surface area contributed by atoms with E-state index >= 15 is 0 Å². The van der Waals surface area contributed by atoms with Crippen LogP contribution in [0.4, 0.5) is 0 Å². The van der Waals surface area contributed by atoms with E-state index in [1.807, 2.05) is 12.1 Å². The number of benzene rings is 1. The lowest BCUT2D eigenvalue weighted by Crippen LogP contribution is -2.40. The van der Waals surface area contributed by atoms with Gasteiger partial charge in [-0.05, 0) is 56.2 Å². The van der Waals surface area contributed by atoms with E-state index in [0.29, 0.717) is 18.9 Å². The summed E-state index contributed by atoms with van der Waals surface area (Å²) in [5.74, 6) is 0.327. The van der Waals surface area contributed by atoms with Gasteiger partial charge in [0.2, 0.25) is 0 Å². The van der Waals surface area contributed by atoms with Crippen molar-refractivity contribution in [1.82, 2.24) is 4.90 Å². The fraction of sp³-hybridized carbons (Fsp3) is 0.455. The number of allylic oxidation sites excluding steroid dienone is 4. The highest BCUT2D eigenvalue weighted by Crippen LogP contribution is 2.52. The zero-order valence-corrected chi connectivity index (χ0v) is 16.3. The fourth-order valence-corrected chi connectivity index (χ4v) is 5.18. The highest BCUT2D eigenvalue weighted by atomic mass is 79.9. The molecule has 134 valence electrons. The van der Waals surface area contributed by atoms with Crippen LogP contribution in [0.5, 0.6) is 0 Å². The highest BCUT2D eigenvalue weighted by molar-refractivity contribution is 9.10. The Kier molecular flexibility index (Phi) is 3.93. The summed E-state index contributed by atoms with van der Waals surface area (Å²) >= 11 is 3.50. The maximum Gasteiger partial charge on any atom is 0.161 e. The van der Waals surface area contributed by atoms with Crippen molar-refractivity contribution in [1.29, 1.82) is 0 Å². The van der Waals surface area contributed by atoms with E-state index in [0.717, 1.165) is 46.9 Å². The summed E-state index contributed by atoms with van der Waals surface area (Å²) in [7, 11) is 0. The summed E-state index contributed by atoms with van der Waals surface area (Å²) in [4.78, 5) is 28.5. The monoisotopic (exact) mass is 411 g/mol. The minimum Gasteiger partial charge on any atom is -0.345 e. The summed E-state index contributed by atoms with van der Waals surface area (Å²) in [5.41, 5.74) is 5.36. The van der Waals surface area contributed by atoms with E-state index < -0.39 is 0 Å². The molecule has 0 aromatic heterocycles. The summed E-state index contributed by atoms with van der Waals surface area (Å²) in [6.45, 7) is 0. The second-order valence-electron chi connectivity index (χ2n) is 7.86. The number of nitrogens with zero attached hydrogens (tertiary/aromatic N) is 1. The van der Waals surface area contributed by atoms with Gasteiger partial charge in [0, 0.05) is 51.8 Å². The van der Waals surface area contributed by atoms with E-state index in [4.69, 9.17) is 0 Å². The molecule has 4 heteroatoms. The summed E-state index contributed by atoms with van der Waals surface area (Å²) in [5, 5.41) is 0. The largest absolute Gasteiger partial charge is 0.345 e. The first-order valence-electron chi connectivity index (χ1n) is 9.72. The van der Waals surface area contributed by atoms with Crippen molar-refractivity contribution in [2.24, 2.45) is 0 Å². The zero-order chi connectivity index (χ0) is 17.8. The van der Waals surface area contributed by atoms with Crippen LogP contribution in [-0.4, -0.2) is 22.5 Å². The SMILES string of the molecule is O=C1CCCC2=C1C(c1ccc(Br)cc1)C1=C(CCCC1=O)N2C1CC1. The lowest BCUT2D eigenvalue weighted by Gasteiger charge is -2.44. The Morgan fingerprint density at radius 3 is 1.85 bits per heavy atom. The molecule has 3 nitrogen and oxygen atoms in total. The van der Waals surface area contributed by atoms with Crippen LogP contribution in [0, 0.1) is 0 Å². The molecule has 0 spiro atoms. The number of hydrogen-bond donors (Lipinski definition) is 0. The molecule has 4 aliphatic rings. The molecule has 26 heavy (non-hydrogen) atoms. The molecular weight excluding hydrogens is 390 g/mol. The minimum atomic E-state index is -0.163. The van der Waals surface area contributed by atoms with E-state index in [1.165, 1.54) is 24.2 Å². The Morgan fingerprint density at radius 2 is 1.35 bits per heavy atom. The number of carbonyl (C=O) groups is 2. The molecule has 1 aromatic rings.